The normalized spacial score (nSPS) is 13.4. The van der Waals surface area contributed by atoms with Gasteiger partial charge in [0.15, 0.2) is 0 Å². The zero-order chi connectivity index (χ0) is 12.6. The molecule has 0 aromatic heterocycles. The van der Waals surface area contributed by atoms with Gasteiger partial charge in [0.2, 0.25) is 5.91 Å². The molecule has 96 valence electrons. The number of amides is 1. The van der Waals surface area contributed by atoms with Gasteiger partial charge in [-0.3, -0.25) is 4.79 Å². The molecule has 0 fully saturated rings. The number of nitrogens with two attached hydrogens (primary N) is 1. The van der Waals surface area contributed by atoms with Gasteiger partial charge in [-0.1, -0.05) is 33.6 Å². The monoisotopic (exact) mass is 229 g/mol. The first-order chi connectivity index (χ1) is 7.47. The van der Waals surface area contributed by atoms with Crippen LogP contribution in [-0.4, -0.2) is 43.0 Å². The van der Waals surface area contributed by atoms with Crippen LogP contribution in [0.4, 0.5) is 0 Å². The van der Waals surface area contributed by atoms with Crippen molar-refractivity contribution in [2.24, 2.45) is 5.73 Å². The largest absolute Gasteiger partial charge is 0.368 e. The van der Waals surface area contributed by atoms with Gasteiger partial charge in [0.05, 0.1) is 6.04 Å². The van der Waals surface area contributed by atoms with E-state index in [1.54, 1.807) is 0 Å². The summed E-state index contributed by atoms with van der Waals surface area (Å²) < 4.78 is 0. The number of primary amides is 1. The first-order valence-electron chi connectivity index (χ1n) is 6.21. The summed E-state index contributed by atoms with van der Waals surface area (Å²) in [5.41, 5.74) is 5.36. The van der Waals surface area contributed by atoms with Gasteiger partial charge in [0.1, 0.15) is 0 Å². The minimum absolute atomic E-state index is 0.244. The van der Waals surface area contributed by atoms with E-state index in [1.807, 2.05) is 20.9 Å². The SMILES string of the molecule is CCCCCN(C)CC(NC(C)C)C(N)=O. The minimum atomic E-state index is -0.268. The Morgan fingerprint density at radius 2 is 2.00 bits per heavy atom. The molecule has 1 atom stereocenters. The lowest BCUT2D eigenvalue weighted by Gasteiger charge is -2.24. The molecule has 0 radical (unpaired) electrons. The summed E-state index contributed by atoms with van der Waals surface area (Å²) in [6.45, 7) is 7.95. The second-order valence-electron chi connectivity index (χ2n) is 4.75. The van der Waals surface area contributed by atoms with E-state index in [4.69, 9.17) is 5.73 Å². The molecule has 0 heterocycles. The van der Waals surface area contributed by atoms with Crippen molar-refractivity contribution in [1.29, 1.82) is 0 Å². The van der Waals surface area contributed by atoms with Crippen molar-refractivity contribution in [3.05, 3.63) is 0 Å². The number of unbranched alkanes of at least 4 members (excludes halogenated alkanes) is 2. The molecule has 3 N–H and O–H groups in total. The minimum Gasteiger partial charge on any atom is -0.368 e. The Morgan fingerprint density at radius 3 is 2.44 bits per heavy atom. The number of nitrogens with one attached hydrogen (secondary N) is 1. The smallest absolute Gasteiger partial charge is 0.235 e. The lowest BCUT2D eigenvalue weighted by atomic mass is 10.2. The zero-order valence-electron chi connectivity index (χ0n) is 11.1. The molecule has 0 saturated heterocycles. The van der Waals surface area contributed by atoms with E-state index in [0.717, 1.165) is 6.54 Å². The first-order valence-corrected chi connectivity index (χ1v) is 6.21. The maximum absolute atomic E-state index is 11.2. The Morgan fingerprint density at radius 1 is 1.38 bits per heavy atom. The Bertz CT molecular complexity index is 195. The number of carbonyl (C=O) groups excluding carboxylic acids is 1. The highest BCUT2D eigenvalue weighted by molar-refractivity contribution is 5.80. The summed E-state index contributed by atoms with van der Waals surface area (Å²) in [5, 5.41) is 3.18. The number of hydrogen-bond acceptors (Lipinski definition) is 3. The lowest BCUT2D eigenvalue weighted by Crippen LogP contribution is -2.50. The van der Waals surface area contributed by atoms with Crippen LogP contribution in [0.15, 0.2) is 0 Å². The molecule has 0 aliphatic rings. The average Bonchev–Trinajstić information content (AvgIpc) is 2.16. The summed E-state index contributed by atoms with van der Waals surface area (Å²) in [5.74, 6) is -0.268. The van der Waals surface area contributed by atoms with E-state index in [0.29, 0.717) is 6.54 Å². The molecule has 0 aromatic carbocycles. The molecule has 0 saturated carbocycles. The summed E-state index contributed by atoms with van der Waals surface area (Å²) in [4.78, 5) is 13.4. The second-order valence-corrected chi connectivity index (χ2v) is 4.75. The van der Waals surface area contributed by atoms with Crippen molar-refractivity contribution < 1.29 is 4.79 Å². The standard InChI is InChI=1S/C12H27N3O/c1-5-6-7-8-15(4)9-11(12(13)16)14-10(2)3/h10-11,14H,5-9H2,1-4H3,(H2,13,16). The fourth-order valence-corrected chi connectivity index (χ4v) is 1.66. The highest BCUT2D eigenvalue weighted by atomic mass is 16.1. The van der Waals surface area contributed by atoms with Crippen LogP contribution >= 0.6 is 0 Å². The Kier molecular flexibility index (Phi) is 8.21. The van der Waals surface area contributed by atoms with E-state index in [2.05, 4.69) is 17.1 Å². The molecular formula is C12H27N3O. The quantitative estimate of drug-likeness (QED) is 0.579. The number of carbonyl (C=O) groups is 1. The Balaban J connectivity index is 3.93. The van der Waals surface area contributed by atoms with Gasteiger partial charge in [0, 0.05) is 12.6 Å². The van der Waals surface area contributed by atoms with Crippen LogP contribution < -0.4 is 11.1 Å². The number of likely N-dealkylation sites (N-methyl/N-ethyl adjacent to an activating group) is 1. The van der Waals surface area contributed by atoms with Crippen molar-refractivity contribution in [3.63, 3.8) is 0 Å². The van der Waals surface area contributed by atoms with Gasteiger partial charge in [0.25, 0.3) is 0 Å². The lowest BCUT2D eigenvalue weighted by molar-refractivity contribution is -0.120. The predicted octanol–water partition coefficient (Wildman–Crippen LogP) is 0.960. The molecule has 4 nitrogen and oxygen atoms in total. The van der Waals surface area contributed by atoms with Gasteiger partial charge in [-0.25, -0.2) is 0 Å². The van der Waals surface area contributed by atoms with Gasteiger partial charge in [-0.05, 0) is 20.0 Å². The van der Waals surface area contributed by atoms with E-state index in [-0.39, 0.29) is 18.0 Å². The molecule has 0 spiro atoms. The maximum atomic E-state index is 11.2. The topological polar surface area (TPSA) is 58.4 Å². The van der Waals surface area contributed by atoms with Crippen LogP contribution in [0.5, 0.6) is 0 Å². The molecule has 0 aliphatic heterocycles. The summed E-state index contributed by atoms with van der Waals surface area (Å²) in [6, 6.07) is 0.0353. The van der Waals surface area contributed by atoms with Gasteiger partial charge in [-0.2, -0.15) is 0 Å². The number of rotatable bonds is 9. The predicted molar refractivity (Wildman–Crippen MR) is 68.3 cm³/mol. The van der Waals surface area contributed by atoms with Crippen LogP contribution in [0.2, 0.25) is 0 Å². The van der Waals surface area contributed by atoms with Crippen LogP contribution in [0.1, 0.15) is 40.0 Å². The van der Waals surface area contributed by atoms with E-state index in [9.17, 15) is 4.79 Å². The van der Waals surface area contributed by atoms with Crippen molar-refractivity contribution >= 4 is 5.91 Å². The van der Waals surface area contributed by atoms with Crippen molar-refractivity contribution in [2.75, 3.05) is 20.1 Å². The van der Waals surface area contributed by atoms with Crippen molar-refractivity contribution in [1.82, 2.24) is 10.2 Å². The van der Waals surface area contributed by atoms with Crippen molar-refractivity contribution in [3.8, 4) is 0 Å². The Hall–Kier alpha value is -0.610. The molecule has 0 aliphatic carbocycles. The molecule has 1 unspecified atom stereocenters. The fourth-order valence-electron chi connectivity index (χ4n) is 1.66. The summed E-state index contributed by atoms with van der Waals surface area (Å²) in [7, 11) is 2.04. The number of nitrogens with zero attached hydrogens (tertiary/aromatic N) is 1. The summed E-state index contributed by atoms with van der Waals surface area (Å²) in [6.07, 6.45) is 3.64. The maximum Gasteiger partial charge on any atom is 0.235 e. The number of hydrogen-bond donors (Lipinski definition) is 2. The van der Waals surface area contributed by atoms with Gasteiger partial charge >= 0.3 is 0 Å². The molecule has 0 aromatic rings. The highest BCUT2D eigenvalue weighted by Crippen LogP contribution is 1.98. The molecule has 0 rings (SSSR count). The Labute approximate surface area is 99.6 Å². The van der Waals surface area contributed by atoms with E-state index >= 15 is 0 Å². The van der Waals surface area contributed by atoms with Gasteiger partial charge < -0.3 is 16.0 Å². The van der Waals surface area contributed by atoms with Crippen LogP contribution in [0.3, 0.4) is 0 Å². The first kappa shape index (κ1) is 15.4. The third kappa shape index (κ3) is 7.65. The van der Waals surface area contributed by atoms with Crippen LogP contribution in [0, 0.1) is 0 Å². The van der Waals surface area contributed by atoms with Crippen LogP contribution in [-0.2, 0) is 4.79 Å². The molecule has 1 amide bonds. The van der Waals surface area contributed by atoms with Gasteiger partial charge in [-0.15, -0.1) is 0 Å². The second kappa shape index (κ2) is 8.53. The molecule has 4 heteroatoms. The fraction of sp³-hybridized carbons (Fsp3) is 0.917. The third-order valence-corrected chi connectivity index (χ3v) is 2.52. The van der Waals surface area contributed by atoms with E-state index in [1.165, 1.54) is 19.3 Å². The van der Waals surface area contributed by atoms with E-state index < -0.39 is 0 Å². The zero-order valence-corrected chi connectivity index (χ0v) is 11.1. The summed E-state index contributed by atoms with van der Waals surface area (Å²) >= 11 is 0. The van der Waals surface area contributed by atoms with Crippen LogP contribution in [0.25, 0.3) is 0 Å². The molecule has 0 bridgehead atoms. The highest BCUT2D eigenvalue weighted by Gasteiger charge is 2.17. The molecular weight excluding hydrogens is 202 g/mol. The third-order valence-electron chi connectivity index (χ3n) is 2.52. The molecule has 16 heavy (non-hydrogen) atoms. The van der Waals surface area contributed by atoms with Crippen molar-refractivity contribution in [2.45, 2.75) is 52.1 Å². The average molecular weight is 229 g/mol.